The summed E-state index contributed by atoms with van der Waals surface area (Å²) in [5, 5.41) is 10.4. The van der Waals surface area contributed by atoms with Gasteiger partial charge in [-0.2, -0.15) is 0 Å². The fourth-order valence-corrected chi connectivity index (χ4v) is 2.91. The third-order valence-corrected chi connectivity index (χ3v) is 4.38. The number of phenolic OH excluding ortho intramolecular Hbond substituents is 1. The van der Waals surface area contributed by atoms with E-state index in [4.69, 9.17) is 4.74 Å². The highest BCUT2D eigenvalue weighted by atomic mass is 16.5. The van der Waals surface area contributed by atoms with Gasteiger partial charge < -0.3 is 9.84 Å². The third kappa shape index (κ3) is 5.89. The van der Waals surface area contributed by atoms with E-state index in [-0.39, 0.29) is 17.1 Å². The minimum Gasteiger partial charge on any atom is -0.508 e. The number of esters is 1. The second-order valence-electron chi connectivity index (χ2n) is 7.01. The largest absolute Gasteiger partial charge is 0.508 e. The van der Waals surface area contributed by atoms with Gasteiger partial charge in [-0.15, -0.1) is 0 Å². The molecular weight excluding hydrogens is 288 g/mol. The molecule has 3 nitrogen and oxygen atoms in total. The first-order valence-electron chi connectivity index (χ1n) is 8.86. The van der Waals surface area contributed by atoms with E-state index in [9.17, 15) is 9.90 Å². The van der Waals surface area contributed by atoms with Gasteiger partial charge in [-0.05, 0) is 36.0 Å². The Balaban J connectivity index is 3.06. The van der Waals surface area contributed by atoms with Crippen LogP contribution in [0.2, 0.25) is 0 Å². The van der Waals surface area contributed by atoms with E-state index in [0.717, 1.165) is 24.0 Å². The molecule has 1 N–H and O–H groups in total. The second kappa shape index (κ2) is 8.95. The summed E-state index contributed by atoms with van der Waals surface area (Å²) in [6.07, 6.45) is 7.53. The second-order valence-corrected chi connectivity index (χ2v) is 7.01. The number of ether oxygens (including phenoxy) is 1. The molecule has 0 radical (unpaired) electrons. The zero-order chi connectivity index (χ0) is 17.5. The number of aromatic hydroxyl groups is 1. The summed E-state index contributed by atoms with van der Waals surface area (Å²) < 4.78 is 5.36. The molecule has 0 spiro atoms. The Morgan fingerprint density at radius 2 is 1.83 bits per heavy atom. The molecule has 0 saturated heterocycles. The van der Waals surface area contributed by atoms with Crippen molar-refractivity contribution in [3.8, 4) is 11.5 Å². The predicted octanol–water partition coefficient (Wildman–Crippen LogP) is 5.52. The Bertz CT molecular complexity index is 518. The molecular formula is C20H32O3. The summed E-state index contributed by atoms with van der Waals surface area (Å²) in [7, 11) is 0. The number of benzene rings is 1. The highest BCUT2D eigenvalue weighted by Crippen LogP contribution is 2.38. The molecule has 1 aromatic rings. The van der Waals surface area contributed by atoms with Gasteiger partial charge >= 0.3 is 5.97 Å². The Hall–Kier alpha value is -1.51. The molecule has 23 heavy (non-hydrogen) atoms. The first-order valence-corrected chi connectivity index (χ1v) is 8.86. The van der Waals surface area contributed by atoms with E-state index in [1.165, 1.54) is 32.6 Å². The summed E-state index contributed by atoms with van der Waals surface area (Å²) in [6, 6.07) is 3.78. The van der Waals surface area contributed by atoms with Gasteiger partial charge in [-0.1, -0.05) is 59.8 Å². The Kier molecular flexibility index (Phi) is 7.60. The summed E-state index contributed by atoms with van der Waals surface area (Å²) >= 11 is 0. The van der Waals surface area contributed by atoms with E-state index >= 15 is 0 Å². The van der Waals surface area contributed by atoms with Gasteiger partial charge in [-0.25, -0.2) is 0 Å². The van der Waals surface area contributed by atoms with Crippen LogP contribution in [0, 0.1) is 0 Å². The maximum absolute atomic E-state index is 11.4. The molecule has 0 fully saturated rings. The van der Waals surface area contributed by atoms with E-state index in [2.05, 4.69) is 20.8 Å². The quantitative estimate of drug-likeness (QED) is 0.370. The zero-order valence-electron chi connectivity index (χ0n) is 15.4. The smallest absolute Gasteiger partial charge is 0.308 e. The summed E-state index contributed by atoms with van der Waals surface area (Å²) in [4.78, 5) is 11.4. The number of phenols is 1. The van der Waals surface area contributed by atoms with Crippen molar-refractivity contribution in [2.45, 2.75) is 85.0 Å². The van der Waals surface area contributed by atoms with Crippen LogP contribution in [0.15, 0.2) is 12.1 Å². The third-order valence-electron chi connectivity index (χ3n) is 4.38. The van der Waals surface area contributed by atoms with Crippen LogP contribution >= 0.6 is 0 Å². The molecule has 3 heteroatoms. The van der Waals surface area contributed by atoms with Gasteiger partial charge in [0.05, 0.1) is 0 Å². The molecule has 1 aromatic carbocycles. The number of unbranched alkanes of at least 4 members (excludes halogenated alkanes) is 3. The van der Waals surface area contributed by atoms with Crippen molar-refractivity contribution in [3.63, 3.8) is 0 Å². The van der Waals surface area contributed by atoms with Crippen LogP contribution in [0.3, 0.4) is 0 Å². The van der Waals surface area contributed by atoms with Gasteiger partial charge in [0.1, 0.15) is 11.5 Å². The van der Waals surface area contributed by atoms with Crippen molar-refractivity contribution in [3.05, 3.63) is 23.3 Å². The fraction of sp³-hybridized carbons (Fsp3) is 0.650. The first kappa shape index (κ1) is 19.5. The zero-order valence-corrected chi connectivity index (χ0v) is 15.4. The van der Waals surface area contributed by atoms with Crippen LogP contribution < -0.4 is 4.74 Å². The average Bonchev–Trinajstić information content (AvgIpc) is 2.46. The highest BCUT2D eigenvalue weighted by Gasteiger charge is 2.24. The van der Waals surface area contributed by atoms with Crippen molar-refractivity contribution in [1.82, 2.24) is 0 Å². The first-order chi connectivity index (χ1) is 10.8. The van der Waals surface area contributed by atoms with Crippen molar-refractivity contribution >= 4 is 5.97 Å². The molecule has 0 bridgehead atoms. The Morgan fingerprint density at radius 3 is 2.39 bits per heavy atom. The topological polar surface area (TPSA) is 46.5 Å². The van der Waals surface area contributed by atoms with E-state index < -0.39 is 0 Å². The monoisotopic (exact) mass is 320 g/mol. The molecule has 0 aliphatic carbocycles. The molecule has 0 heterocycles. The van der Waals surface area contributed by atoms with Gasteiger partial charge in [0.2, 0.25) is 0 Å². The molecule has 0 unspecified atom stereocenters. The standard InChI is InChI=1S/C20H32O3/c1-6-8-9-10-12-20(4,5)16-13-18(22)17(11-7-2)19(14-16)23-15(3)21/h13-14,22H,6-12H2,1-5H3. The van der Waals surface area contributed by atoms with Crippen molar-refractivity contribution in [1.29, 1.82) is 0 Å². The number of hydrogen-bond donors (Lipinski definition) is 1. The van der Waals surface area contributed by atoms with Gasteiger partial charge in [0.15, 0.2) is 0 Å². The molecule has 0 aliphatic heterocycles. The number of hydrogen-bond acceptors (Lipinski definition) is 3. The summed E-state index contributed by atoms with van der Waals surface area (Å²) in [6.45, 7) is 10.0. The molecule has 0 saturated carbocycles. The van der Waals surface area contributed by atoms with Gasteiger partial charge in [0, 0.05) is 12.5 Å². The van der Waals surface area contributed by atoms with Crippen molar-refractivity contribution in [2.75, 3.05) is 0 Å². The number of carbonyl (C=O) groups is 1. The van der Waals surface area contributed by atoms with Crippen LogP contribution in [0.4, 0.5) is 0 Å². The van der Waals surface area contributed by atoms with E-state index in [1.54, 1.807) is 0 Å². The van der Waals surface area contributed by atoms with Crippen molar-refractivity contribution in [2.24, 2.45) is 0 Å². The molecule has 0 atom stereocenters. The molecule has 1 rings (SSSR count). The molecule has 0 aromatic heterocycles. The normalized spacial score (nSPS) is 11.5. The minimum atomic E-state index is -0.348. The predicted molar refractivity (Wildman–Crippen MR) is 95.2 cm³/mol. The highest BCUT2D eigenvalue weighted by molar-refractivity contribution is 5.70. The summed E-state index contributed by atoms with van der Waals surface area (Å²) in [5.41, 5.74) is 1.71. The van der Waals surface area contributed by atoms with E-state index in [1.807, 2.05) is 19.1 Å². The Labute approximate surface area is 141 Å². The Morgan fingerprint density at radius 1 is 1.13 bits per heavy atom. The molecule has 0 aliphatic rings. The van der Waals surface area contributed by atoms with Crippen LogP contribution in [0.1, 0.15) is 84.3 Å². The average molecular weight is 320 g/mol. The van der Waals surface area contributed by atoms with Crippen LogP contribution in [0.5, 0.6) is 11.5 Å². The maximum atomic E-state index is 11.4. The lowest BCUT2D eigenvalue weighted by atomic mass is 9.79. The SMILES string of the molecule is CCCCCCC(C)(C)c1cc(O)c(CCC)c(OC(C)=O)c1. The van der Waals surface area contributed by atoms with Crippen LogP contribution in [-0.4, -0.2) is 11.1 Å². The maximum Gasteiger partial charge on any atom is 0.308 e. The van der Waals surface area contributed by atoms with Gasteiger partial charge in [-0.3, -0.25) is 4.79 Å². The number of carbonyl (C=O) groups excluding carboxylic acids is 1. The van der Waals surface area contributed by atoms with Crippen molar-refractivity contribution < 1.29 is 14.6 Å². The lowest BCUT2D eigenvalue weighted by Gasteiger charge is -2.27. The molecule has 130 valence electrons. The van der Waals surface area contributed by atoms with Crippen LogP contribution in [0.25, 0.3) is 0 Å². The lowest BCUT2D eigenvalue weighted by molar-refractivity contribution is -0.131. The molecule has 0 amide bonds. The number of rotatable bonds is 9. The summed E-state index contributed by atoms with van der Waals surface area (Å²) in [5.74, 6) is 0.401. The lowest BCUT2D eigenvalue weighted by Crippen LogP contribution is -2.18. The fourth-order valence-electron chi connectivity index (χ4n) is 2.91. The van der Waals surface area contributed by atoms with Gasteiger partial charge in [0.25, 0.3) is 0 Å². The minimum absolute atomic E-state index is 0.0507. The van der Waals surface area contributed by atoms with Crippen LogP contribution in [-0.2, 0) is 16.6 Å². The van der Waals surface area contributed by atoms with E-state index in [0.29, 0.717) is 12.2 Å².